The molecular formula is C14H18N2O2. The van der Waals surface area contributed by atoms with Gasteiger partial charge in [0.15, 0.2) is 0 Å². The summed E-state index contributed by atoms with van der Waals surface area (Å²) in [5.41, 5.74) is 1.77. The number of nitrogens with one attached hydrogen (secondary N) is 2. The minimum atomic E-state index is -0.277. The summed E-state index contributed by atoms with van der Waals surface area (Å²) in [7, 11) is 1.89. The molecule has 0 fully saturated rings. The lowest BCUT2D eigenvalue weighted by Gasteiger charge is -2.04. The van der Waals surface area contributed by atoms with E-state index in [4.69, 9.17) is 0 Å². The smallest absolute Gasteiger partial charge is 0.231 e. The van der Waals surface area contributed by atoms with Gasteiger partial charge in [-0.3, -0.25) is 9.59 Å². The maximum Gasteiger partial charge on any atom is 0.231 e. The molecule has 4 heteroatoms. The number of amides is 1. The number of benzene rings is 1. The van der Waals surface area contributed by atoms with E-state index in [0.29, 0.717) is 5.69 Å². The van der Waals surface area contributed by atoms with Crippen LogP contribution in [0.3, 0.4) is 0 Å². The predicted molar refractivity (Wildman–Crippen MR) is 73.3 cm³/mol. The van der Waals surface area contributed by atoms with Crippen molar-refractivity contribution in [2.45, 2.75) is 13.3 Å². The van der Waals surface area contributed by atoms with Gasteiger partial charge in [0.05, 0.1) is 6.42 Å². The second-order valence-electron chi connectivity index (χ2n) is 4.01. The third-order valence-electron chi connectivity index (χ3n) is 2.24. The highest BCUT2D eigenvalue weighted by molar-refractivity contribution is 6.03. The van der Waals surface area contributed by atoms with E-state index < -0.39 is 0 Å². The minimum Gasteiger partial charge on any atom is -0.326 e. The van der Waals surface area contributed by atoms with Gasteiger partial charge >= 0.3 is 0 Å². The number of ketones is 1. The Kier molecular flexibility index (Phi) is 5.80. The molecule has 0 heterocycles. The van der Waals surface area contributed by atoms with E-state index in [0.717, 1.165) is 12.1 Å². The average Bonchev–Trinajstić information content (AvgIpc) is 2.30. The van der Waals surface area contributed by atoms with Crippen molar-refractivity contribution in [3.05, 3.63) is 35.9 Å². The van der Waals surface area contributed by atoms with E-state index in [1.807, 2.05) is 43.5 Å². The zero-order chi connectivity index (χ0) is 13.4. The first-order chi connectivity index (χ1) is 8.61. The van der Waals surface area contributed by atoms with Crippen LogP contribution in [-0.4, -0.2) is 25.3 Å². The molecule has 0 aliphatic carbocycles. The maximum absolute atomic E-state index is 11.4. The number of Topliss-reactive ketones (excluding diaryl/α,β-unsaturated/α-hetero) is 1. The molecule has 1 amide bonds. The van der Waals surface area contributed by atoms with Crippen molar-refractivity contribution in [1.82, 2.24) is 5.32 Å². The van der Waals surface area contributed by atoms with Gasteiger partial charge in [-0.1, -0.05) is 24.3 Å². The fourth-order valence-electron chi connectivity index (χ4n) is 1.42. The molecule has 18 heavy (non-hydrogen) atoms. The third-order valence-corrected chi connectivity index (χ3v) is 2.24. The van der Waals surface area contributed by atoms with Crippen molar-refractivity contribution in [3.63, 3.8) is 0 Å². The van der Waals surface area contributed by atoms with Gasteiger partial charge in [0, 0.05) is 12.2 Å². The second-order valence-corrected chi connectivity index (χ2v) is 4.01. The summed E-state index contributed by atoms with van der Waals surface area (Å²) in [5.74, 6) is -0.417. The lowest BCUT2D eigenvalue weighted by Crippen LogP contribution is -2.14. The van der Waals surface area contributed by atoms with E-state index in [2.05, 4.69) is 10.6 Å². The highest BCUT2D eigenvalue weighted by atomic mass is 16.2. The summed E-state index contributed by atoms with van der Waals surface area (Å²) in [6.07, 6.45) is 3.94. The molecule has 1 aromatic carbocycles. The number of hydrogen-bond donors (Lipinski definition) is 2. The molecule has 0 aliphatic heterocycles. The van der Waals surface area contributed by atoms with Gasteiger partial charge in [-0.25, -0.2) is 0 Å². The minimum absolute atomic E-state index is 0.0795. The summed E-state index contributed by atoms with van der Waals surface area (Å²) >= 11 is 0. The van der Waals surface area contributed by atoms with Crippen molar-refractivity contribution >= 4 is 23.5 Å². The first-order valence-electron chi connectivity index (χ1n) is 5.82. The van der Waals surface area contributed by atoms with Crippen molar-refractivity contribution in [2.75, 3.05) is 18.9 Å². The fraction of sp³-hybridized carbons (Fsp3) is 0.286. The zero-order valence-electron chi connectivity index (χ0n) is 10.7. The normalized spacial score (nSPS) is 10.6. The van der Waals surface area contributed by atoms with E-state index in [1.54, 1.807) is 0 Å². The van der Waals surface area contributed by atoms with Crippen LogP contribution in [0.15, 0.2) is 30.3 Å². The Hall–Kier alpha value is -1.94. The van der Waals surface area contributed by atoms with Crippen molar-refractivity contribution < 1.29 is 9.59 Å². The number of hydrogen-bond acceptors (Lipinski definition) is 3. The monoisotopic (exact) mass is 246 g/mol. The number of likely N-dealkylation sites (N-methyl/N-ethyl adjacent to an activating group) is 1. The van der Waals surface area contributed by atoms with Crippen LogP contribution in [0.2, 0.25) is 0 Å². The van der Waals surface area contributed by atoms with Crippen LogP contribution in [0.5, 0.6) is 0 Å². The Morgan fingerprint density at radius 2 is 1.89 bits per heavy atom. The largest absolute Gasteiger partial charge is 0.326 e. The van der Waals surface area contributed by atoms with Gasteiger partial charge in [0.1, 0.15) is 5.78 Å². The van der Waals surface area contributed by atoms with Gasteiger partial charge in [0.2, 0.25) is 5.91 Å². The Balaban J connectivity index is 2.54. The van der Waals surface area contributed by atoms with Gasteiger partial charge in [-0.2, -0.15) is 0 Å². The molecule has 4 nitrogen and oxygen atoms in total. The summed E-state index contributed by atoms with van der Waals surface area (Å²) in [4.78, 5) is 22.1. The van der Waals surface area contributed by atoms with E-state index in [1.165, 1.54) is 6.92 Å². The Morgan fingerprint density at radius 1 is 1.22 bits per heavy atom. The molecule has 2 N–H and O–H groups in total. The zero-order valence-corrected chi connectivity index (χ0v) is 10.7. The van der Waals surface area contributed by atoms with Crippen LogP contribution >= 0.6 is 0 Å². The molecule has 0 spiro atoms. The Morgan fingerprint density at radius 3 is 2.44 bits per heavy atom. The third kappa shape index (κ3) is 5.41. The van der Waals surface area contributed by atoms with Gasteiger partial charge in [-0.15, -0.1) is 0 Å². The van der Waals surface area contributed by atoms with Crippen LogP contribution < -0.4 is 10.6 Å². The molecular weight excluding hydrogens is 228 g/mol. The molecule has 0 radical (unpaired) electrons. The second kappa shape index (κ2) is 7.40. The van der Waals surface area contributed by atoms with Crippen LogP contribution in [0.1, 0.15) is 18.9 Å². The fourth-order valence-corrected chi connectivity index (χ4v) is 1.42. The highest BCUT2D eigenvalue weighted by Gasteiger charge is 2.04. The molecule has 0 saturated carbocycles. The number of rotatable bonds is 6. The summed E-state index contributed by atoms with van der Waals surface area (Å²) in [6.45, 7) is 2.21. The van der Waals surface area contributed by atoms with Crippen LogP contribution in [0.4, 0.5) is 5.69 Å². The molecule has 1 rings (SSSR count). The molecule has 0 bridgehead atoms. The van der Waals surface area contributed by atoms with Crippen LogP contribution in [0, 0.1) is 0 Å². The van der Waals surface area contributed by atoms with Gasteiger partial charge in [-0.05, 0) is 31.7 Å². The average molecular weight is 246 g/mol. The van der Waals surface area contributed by atoms with Crippen molar-refractivity contribution in [2.24, 2.45) is 0 Å². The van der Waals surface area contributed by atoms with Crippen LogP contribution in [0.25, 0.3) is 6.08 Å². The van der Waals surface area contributed by atoms with Crippen molar-refractivity contribution in [3.8, 4) is 0 Å². The summed E-state index contributed by atoms with van der Waals surface area (Å²) < 4.78 is 0. The summed E-state index contributed by atoms with van der Waals surface area (Å²) in [5, 5.41) is 5.69. The molecule has 0 aromatic heterocycles. The van der Waals surface area contributed by atoms with E-state index in [-0.39, 0.29) is 18.1 Å². The van der Waals surface area contributed by atoms with E-state index in [9.17, 15) is 9.59 Å². The number of carbonyl (C=O) groups is 2. The molecule has 0 unspecified atom stereocenters. The maximum atomic E-state index is 11.4. The van der Waals surface area contributed by atoms with Crippen LogP contribution in [-0.2, 0) is 9.59 Å². The highest BCUT2D eigenvalue weighted by Crippen LogP contribution is 2.11. The molecule has 0 atom stereocenters. The number of anilines is 1. The number of carbonyl (C=O) groups excluding carboxylic acids is 2. The topological polar surface area (TPSA) is 58.2 Å². The lowest BCUT2D eigenvalue weighted by molar-refractivity contribution is -0.124. The molecule has 1 aromatic rings. The van der Waals surface area contributed by atoms with E-state index >= 15 is 0 Å². The molecule has 96 valence electrons. The first-order valence-corrected chi connectivity index (χ1v) is 5.82. The molecule has 0 aliphatic rings. The molecule has 0 saturated heterocycles. The standard InChI is InChI=1S/C14H18N2O2/c1-11(17)10-14(18)16-13-7-5-12(6-8-13)4-3-9-15-2/h3-8,15H,9-10H2,1-2H3,(H,16,18). The Labute approximate surface area is 107 Å². The SMILES string of the molecule is CNCC=Cc1ccc(NC(=O)CC(C)=O)cc1. The quantitative estimate of drug-likeness (QED) is 0.753. The first kappa shape index (κ1) is 14.1. The van der Waals surface area contributed by atoms with Gasteiger partial charge < -0.3 is 10.6 Å². The summed E-state index contributed by atoms with van der Waals surface area (Å²) in [6, 6.07) is 7.46. The predicted octanol–water partition coefficient (Wildman–Crippen LogP) is 1.84. The lowest BCUT2D eigenvalue weighted by atomic mass is 10.2. The van der Waals surface area contributed by atoms with Crippen molar-refractivity contribution in [1.29, 1.82) is 0 Å². The Bertz CT molecular complexity index is 436. The van der Waals surface area contributed by atoms with Gasteiger partial charge in [0.25, 0.3) is 0 Å².